The van der Waals surface area contributed by atoms with Crippen LogP contribution >= 0.6 is 11.3 Å². The van der Waals surface area contributed by atoms with E-state index in [-0.39, 0.29) is 11.9 Å². The van der Waals surface area contributed by atoms with Gasteiger partial charge in [-0.1, -0.05) is 0 Å². The van der Waals surface area contributed by atoms with Crippen LogP contribution in [0.1, 0.15) is 37.5 Å². The van der Waals surface area contributed by atoms with Crippen LogP contribution in [-0.2, 0) is 15.1 Å². The summed E-state index contributed by atoms with van der Waals surface area (Å²) in [5, 5.41) is 26.5. The van der Waals surface area contributed by atoms with Crippen molar-refractivity contribution in [1.29, 1.82) is 0 Å². The smallest absolute Gasteiger partial charge is 0.251 e. The van der Waals surface area contributed by atoms with Crippen LogP contribution in [-0.4, -0.2) is 74.4 Å². The van der Waals surface area contributed by atoms with Crippen molar-refractivity contribution in [3.05, 3.63) is 29.5 Å². The molecule has 6 rings (SSSR count). The molecule has 3 fully saturated rings. The van der Waals surface area contributed by atoms with Gasteiger partial charge in [-0.15, -0.1) is 11.3 Å². The number of carbonyl (C=O) groups excluding carboxylic acids is 1. The Balaban J connectivity index is 1.25. The van der Waals surface area contributed by atoms with Crippen molar-refractivity contribution >= 4 is 34.0 Å². The van der Waals surface area contributed by atoms with Crippen molar-refractivity contribution in [2.24, 2.45) is 11.8 Å². The average Bonchev–Trinajstić information content (AvgIpc) is 3.62. The molecule has 4 atom stereocenters. The second-order valence-corrected chi connectivity index (χ2v) is 11.2. The number of nitrogens with one attached hydrogen (secondary N) is 2. The minimum absolute atomic E-state index is 0.167. The predicted octanol–water partition coefficient (Wildman–Crippen LogP) is 2.71. The van der Waals surface area contributed by atoms with Gasteiger partial charge in [-0.2, -0.15) is 0 Å². The molecule has 3 aliphatic rings. The molecule has 186 valence electrons. The van der Waals surface area contributed by atoms with E-state index in [9.17, 15) is 15.0 Å². The molecule has 2 saturated heterocycles. The van der Waals surface area contributed by atoms with Gasteiger partial charge in [0, 0.05) is 69.2 Å². The summed E-state index contributed by atoms with van der Waals surface area (Å²) in [5.74, 6) is 0.716. The molecule has 1 saturated carbocycles. The lowest BCUT2D eigenvalue weighted by Crippen LogP contribution is -2.37. The maximum atomic E-state index is 12.2. The number of aromatic nitrogens is 3. The van der Waals surface area contributed by atoms with E-state index >= 15 is 0 Å². The largest absolute Gasteiger partial charge is 0.384 e. The molecule has 9 nitrogen and oxygen atoms in total. The first-order valence-electron chi connectivity index (χ1n) is 12.4. The zero-order chi connectivity index (χ0) is 24.2. The van der Waals surface area contributed by atoms with Gasteiger partial charge >= 0.3 is 0 Å². The number of nitrogens with zero attached hydrogens (tertiary/aromatic N) is 3. The van der Waals surface area contributed by atoms with E-state index in [0.717, 1.165) is 45.0 Å². The molecular formula is C25H31N5O4S. The molecule has 0 spiro atoms. The van der Waals surface area contributed by atoms with Crippen molar-refractivity contribution in [2.75, 3.05) is 31.6 Å². The number of hydrogen-bond donors (Lipinski definition) is 4. The van der Waals surface area contributed by atoms with Gasteiger partial charge in [0.1, 0.15) is 22.4 Å². The van der Waals surface area contributed by atoms with Crippen LogP contribution in [0.2, 0.25) is 0 Å². The number of aromatic amines is 1. The summed E-state index contributed by atoms with van der Waals surface area (Å²) in [7, 11) is 0. The fourth-order valence-electron chi connectivity index (χ4n) is 5.96. The summed E-state index contributed by atoms with van der Waals surface area (Å²) in [5.41, 5.74) is 1.89. The molecule has 2 aliphatic heterocycles. The third-order valence-corrected chi connectivity index (χ3v) is 9.09. The van der Waals surface area contributed by atoms with E-state index in [1.54, 1.807) is 13.1 Å². The molecule has 4 N–H and O–H groups in total. The zero-order valence-electron chi connectivity index (χ0n) is 19.7. The molecule has 1 unspecified atom stereocenters. The number of pyridine rings is 1. The van der Waals surface area contributed by atoms with Crippen molar-refractivity contribution in [1.82, 2.24) is 19.9 Å². The molecule has 1 aliphatic carbocycles. The highest BCUT2D eigenvalue weighted by Gasteiger charge is 2.43. The summed E-state index contributed by atoms with van der Waals surface area (Å²) in [6.07, 6.45) is 7.72. The summed E-state index contributed by atoms with van der Waals surface area (Å²) >= 11 is 1.52. The van der Waals surface area contributed by atoms with Crippen LogP contribution < -0.4 is 5.32 Å². The summed E-state index contributed by atoms with van der Waals surface area (Å²) in [6, 6.07) is 2.32. The molecule has 3 aromatic rings. The number of carbonyl (C=O) groups is 1. The molecule has 5 heterocycles. The van der Waals surface area contributed by atoms with Crippen molar-refractivity contribution in [2.45, 2.75) is 50.4 Å². The molecule has 35 heavy (non-hydrogen) atoms. The van der Waals surface area contributed by atoms with Gasteiger partial charge in [0.2, 0.25) is 0 Å². The number of aliphatic hydroxyl groups is 2. The van der Waals surface area contributed by atoms with E-state index in [1.165, 1.54) is 11.3 Å². The van der Waals surface area contributed by atoms with Gasteiger partial charge in [-0.05, 0) is 37.7 Å². The number of amides is 1. The number of anilines is 1. The molecule has 0 bridgehead atoms. The van der Waals surface area contributed by atoms with Crippen LogP contribution in [0.4, 0.5) is 5.69 Å². The van der Waals surface area contributed by atoms with Crippen LogP contribution in [0.15, 0.2) is 24.7 Å². The lowest BCUT2D eigenvalue weighted by Gasteiger charge is -2.30. The number of likely N-dealkylation sites (tertiary alicyclic amines) is 1. The number of ether oxygens (including phenoxy) is 1. The van der Waals surface area contributed by atoms with Gasteiger partial charge in [0.25, 0.3) is 5.91 Å². The number of aliphatic hydroxyl groups excluding tert-OH is 1. The number of thiazole rings is 1. The minimum Gasteiger partial charge on any atom is -0.384 e. The van der Waals surface area contributed by atoms with E-state index in [4.69, 9.17) is 9.72 Å². The fraction of sp³-hybridized carbons (Fsp3) is 0.560. The second kappa shape index (κ2) is 8.85. The highest BCUT2D eigenvalue weighted by atomic mass is 32.1. The van der Waals surface area contributed by atoms with Crippen molar-refractivity contribution < 1.29 is 19.7 Å². The normalized spacial score (nSPS) is 26.7. The molecule has 10 heteroatoms. The summed E-state index contributed by atoms with van der Waals surface area (Å²) in [6.45, 7) is 4.08. The Labute approximate surface area is 207 Å². The van der Waals surface area contributed by atoms with E-state index in [0.29, 0.717) is 51.0 Å². The topological polar surface area (TPSA) is 124 Å². The van der Waals surface area contributed by atoms with Crippen LogP contribution in [0, 0.1) is 11.8 Å². The standard InChI is InChI=1S/C25H31N5O4S/c1-14(31)24(32)30-12-15-8-17(9-16(15)13-30)29-21-18-2-5-26-22(18)27-10-19(21)23-28-11-20(35-23)25(33)3-6-34-7-4-25/h2,5,10-11,14-17,31,33H,3-4,6-9,12-13H2,1H3,(H2,26,27,29)/t14-,15-,16+,17?/m0/s1. The Kier molecular flexibility index (Phi) is 5.79. The van der Waals surface area contributed by atoms with Gasteiger partial charge in [-0.25, -0.2) is 9.97 Å². The van der Waals surface area contributed by atoms with Gasteiger partial charge in [-0.3, -0.25) is 4.79 Å². The highest BCUT2D eigenvalue weighted by Crippen LogP contribution is 2.44. The molecule has 0 aromatic carbocycles. The summed E-state index contributed by atoms with van der Waals surface area (Å²) in [4.78, 5) is 27.4. The molecule has 1 amide bonds. The average molecular weight is 498 g/mol. The Bertz CT molecular complexity index is 1220. The first kappa shape index (κ1) is 22.9. The first-order valence-corrected chi connectivity index (χ1v) is 13.2. The Hall–Kier alpha value is -2.53. The number of hydrogen-bond acceptors (Lipinski definition) is 8. The van der Waals surface area contributed by atoms with Crippen LogP contribution in [0.5, 0.6) is 0 Å². The third-order valence-electron chi connectivity index (χ3n) is 7.87. The quantitative estimate of drug-likeness (QED) is 0.427. The maximum absolute atomic E-state index is 12.2. The fourth-order valence-corrected chi connectivity index (χ4v) is 7.04. The van der Waals surface area contributed by atoms with Crippen LogP contribution in [0.25, 0.3) is 21.6 Å². The van der Waals surface area contributed by atoms with Crippen molar-refractivity contribution in [3.63, 3.8) is 0 Å². The number of fused-ring (bicyclic) bond motifs is 2. The number of rotatable bonds is 5. The lowest BCUT2D eigenvalue weighted by molar-refractivity contribution is -0.138. The van der Waals surface area contributed by atoms with E-state index < -0.39 is 11.7 Å². The minimum atomic E-state index is -0.939. The van der Waals surface area contributed by atoms with Crippen LogP contribution in [0.3, 0.4) is 0 Å². The second-order valence-electron chi connectivity index (χ2n) is 10.2. The Morgan fingerprint density at radius 2 is 2.00 bits per heavy atom. The Morgan fingerprint density at radius 1 is 1.26 bits per heavy atom. The van der Waals surface area contributed by atoms with Crippen molar-refractivity contribution in [3.8, 4) is 10.6 Å². The lowest BCUT2D eigenvalue weighted by atomic mass is 9.93. The molecule has 0 radical (unpaired) electrons. The Morgan fingerprint density at radius 3 is 2.71 bits per heavy atom. The molecular weight excluding hydrogens is 466 g/mol. The number of H-pyrrole nitrogens is 1. The van der Waals surface area contributed by atoms with Gasteiger partial charge in [0.05, 0.1) is 16.1 Å². The van der Waals surface area contributed by atoms with Gasteiger partial charge < -0.3 is 30.2 Å². The molecule has 3 aromatic heterocycles. The van der Waals surface area contributed by atoms with E-state index in [1.807, 2.05) is 23.4 Å². The maximum Gasteiger partial charge on any atom is 0.251 e. The predicted molar refractivity (Wildman–Crippen MR) is 133 cm³/mol. The zero-order valence-corrected chi connectivity index (χ0v) is 20.6. The van der Waals surface area contributed by atoms with E-state index in [2.05, 4.69) is 15.3 Å². The first-order chi connectivity index (χ1) is 16.9. The SMILES string of the molecule is C[C@H](O)C(=O)N1C[C@H]2CC(Nc3c(-c4ncc(C5(O)CCOCC5)s4)cnc4[nH]ccc34)C[C@H]2C1. The summed E-state index contributed by atoms with van der Waals surface area (Å²) < 4.78 is 5.44. The third kappa shape index (κ3) is 4.12. The highest BCUT2D eigenvalue weighted by molar-refractivity contribution is 7.15. The monoisotopic (exact) mass is 497 g/mol. The van der Waals surface area contributed by atoms with Gasteiger partial charge in [0.15, 0.2) is 0 Å².